The van der Waals surface area contributed by atoms with E-state index in [1.54, 1.807) is 13.2 Å². The molecular weight excluding hydrogens is 354 g/mol. The average molecular weight is 379 g/mol. The van der Waals surface area contributed by atoms with E-state index in [-0.39, 0.29) is 11.4 Å². The maximum atomic E-state index is 12.7. The van der Waals surface area contributed by atoms with Crippen molar-refractivity contribution in [2.24, 2.45) is 0 Å². The summed E-state index contributed by atoms with van der Waals surface area (Å²) in [7, 11) is 0.801. The Kier molecular flexibility index (Phi) is 6.63. The highest BCUT2D eigenvalue weighted by Gasteiger charge is 2.32. The smallest absolute Gasteiger partial charge is 0.240 e. The van der Waals surface area contributed by atoms with Crippen LogP contribution in [0, 0.1) is 0 Å². The summed E-state index contributed by atoms with van der Waals surface area (Å²) in [6, 6.07) is 14.1. The van der Waals surface area contributed by atoms with E-state index in [4.69, 9.17) is 14.2 Å². The van der Waals surface area contributed by atoms with Crippen molar-refractivity contribution >= 4 is 10.0 Å². The van der Waals surface area contributed by atoms with Gasteiger partial charge < -0.3 is 14.2 Å². The second kappa shape index (κ2) is 8.53. The van der Waals surface area contributed by atoms with Gasteiger partial charge in [-0.2, -0.15) is 0 Å². The Morgan fingerprint density at radius 1 is 0.962 bits per heavy atom. The Morgan fingerprint density at radius 3 is 2.15 bits per heavy atom. The number of sulfonamides is 1. The van der Waals surface area contributed by atoms with E-state index in [0.717, 1.165) is 5.56 Å². The van der Waals surface area contributed by atoms with Crippen LogP contribution in [-0.4, -0.2) is 36.3 Å². The molecule has 6 nitrogen and oxygen atoms in total. The van der Waals surface area contributed by atoms with Gasteiger partial charge in [-0.05, 0) is 24.1 Å². The highest BCUT2D eigenvalue weighted by atomic mass is 32.2. The van der Waals surface area contributed by atoms with E-state index in [2.05, 4.69) is 4.72 Å². The van der Waals surface area contributed by atoms with E-state index in [1.807, 2.05) is 37.3 Å². The van der Waals surface area contributed by atoms with Crippen molar-refractivity contribution in [1.29, 1.82) is 0 Å². The van der Waals surface area contributed by atoms with Crippen LogP contribution in [0.15, 0.2) is 53.4 Å². The first-order valence-corrected chi connectivity index (χ1v) is 9.73. The minimum atomic E-state index is -3.74. The van der Waals surface area contributed by atoms with Crippen LogP contribution in [0.3, 0.4) is 0 Å². The lowest BCUT2D eigenvalue weighted by Gasteiger charge is -2.32. The van der Waals surface area contributed by atoms with Crippen molar-refractivity contribution in [2.75, 3.05) is 27.9 Å². The molecule has 0 bridgehead atoms. The van der Waals surface area contributed by atoms with Gasteiger partial charge in [-0.1, -0.05) is 37.3 Å². The molecule has 2 rings (SSSR count). The summed E-state index contributed by atoms with van der Waals surface area (Å²) in [5.74, 6) is 0.822. The van der Waals surface area contributed by atoms with Gasteiger partial charge in [0.2, 0.25) is 10.0 Å². The van der Waals surface area contributed by atoms with Gasteiger partial charge in [0.15, 0.2) is 11.5 Å². The number of nitrogens with one attached hydrogen (secondary N) is 1. The zero-order valence-corrected chi connectivity index (χ0v) is 16.3. The average Bonchev–Trinajstić information content (AvgIpc) is 2.69. The van der Waals surface area contributed by atoms with Crippen molar-refractivity contribution in [3.8, 4) is 11.5 Å². The second-order valence-electron chi connectivity index (χ2n) is 5.76. The Bertz CT molecular complexity index is 817. The van der Waals surface area contributed by atoms with Crippen molar-refractivity contribution in [2.45, 2.75) is 23.8 Å². The SMILES string of the molecule is CCC(CNS(=O)(=O)c1ccc(OC)c(OC)c1)(OC)c1ccccc1. The normalized spacial score (nSPS) is 13.8. The molecule has 0 amide bonds. The topological polar surface area (TPSA) is 73.9 Å². The highest BCUT2D eigenvalue weighted by Crippen LogP contribution is 2.31. The summed E-state index contributed by atoms with van der Waals surface area (Å²) >= 11 is 0. The Balaban J connectivity index is 2.28. The summed E-state index contributed by atoms with van der Waals surface area (Å²) in [4.78, 5) is 0.101. The van der Waals surface area contributed by atoms with Gasteiger partial charge in [0.25, 0.3) is 0 Å². The number of hydrogen-bond acceptors (Lipinski definition) is 5. The first-order chi connectivity index (χ1) is 12.4. The maximum Gasteiger partial charge on any atom is 0.240 e. The second-order valence-corrected chi connectivity index (χ2v) is 7.53. The Hall–Kier alpha value is -2.09. The fourth-order valence-corrected chi connectivity index (χ4v) is 3.89. The summed E-state index contributed by atoms with van der Waals surface area (Å²) < 4.78 is 44.2. The molecule has 0 radical (unpaired) electrons. The highest BCUT2D eigenvalue weighted by molar-refractivity contribution is 7.89. The zero-order valence-electron chi connectivity index (χ0n) is 15.5. The lowest BCUT2D eigenvalue weighted by atomic mass is 9.91. The van der Waals surface area contributed by atoms with Crippen LogP contribution in [0.4, 0.5) is 0 Å². The van der Waals surface area contributed by atoms with E-state index in [9.17, 15) is 8.42 Å². The monoisotopic (exact) mass is 379 g/mol. The van der Waals surface area contributed by atoms with Gasteiger partial charge >= 0.3 is 0 Å². The molecule has 0 aliphatic carbocycles. The summed E-state index contributed by atoms with van der Waals surface area (Å²) in [6.45, 7) is 2.07. The Morgan fingerprint density at radius 2 is 1.62 bits per heavy atom. The molecule has 7 heteroatoms. The molecule has 0 saturated carbocycles. The molecule has 1 N–H and O–H groups in total. The van der Waals surface area contributed by atoms with Crippen LogP contribution in [0.2, 0.25) is 0 Å². The van der Waals surface area contributed by atoms with Crippen molar-refractivity contribution in [3.05, 3.63) is 54.1 Å². The molecule has 0 heterocycles. The van der Waals surface area contributed by atoms with E-state index in [1.165, 1.54) is 26.4 Å². The largest absolute Gasteiger partial charge is 0.493 e. The van der Waals surface area contributed by atoms with Crippen LogP contribution in [0.5, 0.6) is 11.5 Å². The first kappa shape index (κ1) is 20.2. The summed E-state index contributed by atoms with van der Waals surface area (Å²) in [5, 5.41) is 0. The molecule has 0 aliphatic heterocycles. The van der Waals surface area contributed by atoms with Gasteiger partial charge in [0, 0.05) is 19.7 Å². The minimum absolute atomic E-state index is 0.101. The molecule has 0 aliphatic rings. The molecule has 0 spiro atoms. The Labute approximate surface area is 155 Å². The summed E-state index contributed by atoms with van der Waals surface area (Å²) in [6.07, 6.45) is 0.613. The van der Waals surface area contributed by atoms with Crippen molar-refractivity contribution < 1.29 is 22.6 Å². The molecule has 142 valence electrons. The molecular formula is C19H25NO5S. The number of rotatable bonds is 9. The molecule has 0 saturated heterocycles. The van der Waals surface area contributed by atoms with Gasteiger partial charge in [0.1, 0.15) is 5.60 Å². The number of hydrogen-bond donors (Lipinski definition) is 1. The van der Waals surface area contributed by atoms with Crippen LogP contribution in [0.25, 0.3) is 0 Å². The third kappa shape index (κ3) is 4.17. The third-order valence-corrected chi connectivity index (χ3v) is 5.87. The summed E-state index contributed by atoms with van der Waals surface area (Å²) in [5.41, 5.74) is 0.172. The van der Waals surface area contributed by atoms with Crippen LogP contribution < -0.4 is 14.2 Å². The predicted molar refractivity (Wildman–Crippen MR) is 100 cm³/mol. The molecule has 2 aromatic rings. The van der Waals surface area contributed by atoms with Gasteiger partial charge in [0.05, 0.1) is 19.1 Å². The van der Waals surface area contributed by atoms with Crippen LogP contribution >= 0.6 is 0 Å². The first-order valence-electron chi connectivity index (χ1n) is 8.25. The van der Waals surface area contributed by atoms with Gasteiger partial charge in [-0.15, -0.1) is 0 Å². The number of methoxy groups -OCH3 is 3. The van der Waals surface area contributed by atoms with E-state index in [0.29, 0.717) is 17.9 Å². The van der Waals surface area contributed by atoms with Gasteiger partial charge in [-0.3, -0.25) is 0 Å². The van der Waals surface area contributed by atoms with Crippen molar-refractivity contribution in [3.63, 3.8) is 0 Å². The van der Waals surface area contributed by atoms with Gasteiger partial charge in [-0.25, -0.2) is 13.1 Å². The van der Waals surface area contributed by atoms with Crippen LogP contribution in [0.1, 0.15) is 18.9 Å². The standard InChI is InChI=1S/C19H25NO5S/c1-5-19(25-4,15-9-7-6-8-10-15)14-20-26(21,22)16-11-12-17(23-2)18(13-16)24-3/h6-13,20H,5,14H2,1-4H3. The molecule has 2 aromatic carbocycles. The van der Waals surface area contributed by atoms with Crippen LogP contribution in [-0.2, 0) is 20.4 Å². The minimum Gasteiger partial charge on any atom is -0.493 e. The molecule has 26 heavy (non-hydrogen) atoms. The number of benzene rings is 2. The zero-order chi connectivity index (χ0) is 19.2. The lowest BCUT2D eigenvalue weighted by Crippen LogP contribution is -2.41. The number of ether oxygens (including phenoxy) is 3. The fourth-order valence-electron chi connectivity index (χ4n) is 2.79. The fraction of sp³-hybridized carbons (Fsp3) is 0.368. The predicted octanol–water partition coefficient (Wildman–Crippen LogP) is 2.93. The van der Waals surface area contributed by atoms with Crippen molar-refractivity contribution in [1.82, 2.24) is 4.72 Å². The molecule has 0 aromatic heterocycles. The maximum absolute atomic E-state index is 12.7. The quantitative estimate of drug-likeness (QED) is 0.725. The molecule has 1 unspecified atom stereocenters. The van der Waals surface area contributed by atoms with E-state index < -0.39 is 15.6 Å². The third-order valence-electron chi connectivity index (χ3n) is 4.47. The molecule has 0 fully saturated rings. The van der Waals surface area contributed by atoms with E-state index >= 15 is 0 Å². The molecule has 1 atom stereocenters. The lowest BCUT2D eigenvalue weighted by molar-refractivity contribution is -0.0133.